The molecule has 6 nitrogen and oxygen atoms in total. The van der Waals surface area contributed by atoms with Gasteiger partial charge < -0.3 is 10.6 Å². The summed E-state index contributed by atoms with van der Waals surface area (Å²) in [6.07, 6.45) is 9.36. The second-order valence-corrected chi connectivity index (χ2v) is 15.9. The molecule has 2 aliphatic carbocycles. The molecule has 34 heavy (non-hydrogen) atoms. The molecule has 2 aliphatic rings. The van der Waals surface area contributed by atoms with Gasteiger partial charge in [0.15, 0.2) is 0 Å². The molecule has 2 heterocycles. The number of amides is 2. The Morgan fingerprint density at radius 1 is 0.912 bits per heavy atom. The van der Waals surface area contributed by atoms with Gasteiger partial charge in [-0.3, -0.25) is 9.59 Å². The third-order valence-corrected chi connectivity index (χ3v) is 7.49. The summed E-state index contributed by atoms with van der Waals surface area (Å²) in [4.78, 5) is 25.9. The van der Waals surface area contributed by atoms with E-state index >= 15 is 0 Å². The van der Waals surface area contributed by atoms with Crippen molar-refractivity contribution in [2.75, 3.05) is 0 Å². The largest absolute Gasteiger partial charge is 0.349 e. The van der Waals surface area contributed by atoms with Crippen molar-refractivity contribution in [3.05, 3.63) is 42.8 Å². The minimum atomic E-state index is -1.44. The molecule has 2 N–H and O–H groups in total. The smallest absolute Gasteiger partial charge is 0.253 e. The Hall–Kier alpha value is -3.34. The molecule has 2 fully saturated rings. The summed E-state index contributed by atoms with van der Waals surface area (Å²) in [5.74, 6) is 5.21. The lowest BCUT2D eigenvalue weighted by molar-refractivity contribution is 0.0943. The molecule has 0 radical (unpaired) electrons. The molecule has 9 heteroatoms. The standard InChI is InChI=1S/C14H16N2OSSi.C11H8N2OS/c1-19(2,3)7-6-11-8-12(13(9-15)18-11)14(17)16-10-4-5-10;1-2-8-5-9(10(6-12)15-8)11(14)13-7-3-4-7/h8,10H,4-5H2,1-3H3,(H,16,17);1,5,7H,3-4H2,(H,13,14). The van der Waals surface area contributed by atoms with E-state index in [-0.39, 0.29) is 11.8 Å². The third kappa shape index (κ3) is 7.34. The SMILES string of the molecule is C#Cc1cc(C(=O)NC2CC2)c(C#N)s1.C[Si](C)(C)C#Cc1cc(C(=O)NC2CC2)c(C#N)s1. The van der Waals surface area contributed by atoms with E-state index < -0.39 is 8.07 Å². The van der Waals surface area contributed by atoms with Crippen LogP contribution in [0.25, 0.3) is 0 Å². The van der Waals surface area contributed by atoms with Crippen LogP contribution in [-0.4, -0.2) is 32.0 Å². The van der Waals surface area contributed by atoms with Crippen molar-refractivity contribution in [2.24, 2.45) is 0 Å². The van der Waals surface area contributed by atoms with Crippen molar-refractivity contribution < 1.29 is 9.59 Å². The van der Waals surface area contributed by atoms with Crippen molar-refractivity contribution in [2.45, 2.75) is 57.4 Å². The van der Waals surface area contributed by atoms with Crippen LogP contribution >= 0.6 is 22.7 Å². The van der Waals surface area contributed by atoms with Crippen molar-refractivity contribution >= 4 is 42.6 Å². The second kappa shape index (κ2) is 10.7. The van der Waals surface area contributed by atoms with Gasteiger partial charge in [0.25, 0.3) is 11.8 Å². The Bertz CT molecular complexity index is 1290. The maximum absolute atomic E-state index is 12.0. The summed E-state index contributed by atoms with van der Waals surface area (Å²) in [5.41, 5.74) is 4.13. The van der Waals surface area contributed by atoms with Gasteiger partial charge >= 0.3 is 0 Å². The fourth-order valence-corrected chi connectivity index (χ4v) is 4.82. The van der Waals surface area contributed by atoms with E-state index in [9.17, 15) is 9.59 Å². The van der Waals surface area contributed by atoms with Crippen LogP contribution < -0.4 is 10.6 Å². The zero-order chi connectivity index (χ0) is 24.9. The number of thiophene rings is 2. The van der Waals surface area contributed by atoms with Gasteiger partial charge in [0, 0.05) is 12.1 Å². The second-order valence-electron chi connectivity index (χ2n) is 9.07. The highest BCUT2D eigenvalue weighted by Gasteiger charge is 2.26. The molecule has 172 valence electrons. The summed E-state index contributed by atoms with van der Waals surface area (Å²) in [6, 6.07) is 8.01. The predicted octanol–water partition coefficient (Wildman–Crippen LogP) is 4.23. The molecule has 0 atom stereocenters. The lowest BCUT2D eigenvalue weighted by atomic mass is 10.2. The molecule has 0 aliphatic heterocycles. The average molecular weight is 505 g/mol. The average Bonchev–Trinajstić information content (AvgIpc) is 3.70. The maximum atomic E-state index is 12.0. The van der Waals surface area contributed by atoms with Crippen molar-refractivity contribution in [3.8, 4) is 35.9 Å². The van der Waals surface area contributed by atoms with Crippen LogP contribution in [0.2, 0.25) is 19.6 Å². The number of nitrogens with one attached hydrogen (secondary N) is 2. The summed E-state index contributed by atoms with van der Waals surface area (Å²) in [5, 5.41) is 23.7. The predicted molar refractivity (Wildman–Crippen MR) is 137 cm³/mol. The van der Waals surface area contributed by atoms with Crippen molar-refractivity contribution in [3.63, 3.8) is 0 Å². The quantitative estimate of drug-likeness (QED) is 0.480. The summed E-state index contributed by atoms with van der Waals surface area (Å²) in [6.45, 7) is 6.50. The molecule has 0 bridgehead atoms. The van der Waals surface area contributed by atoms with Gasteiger partial charge in [-0.05, 0) is 37.8 Å². The molecule has 4 rings (SSSR count). The number of hydrogen-bond donors (Lipinski definition) is 2. The molecule has 0 spiro atoms. The summed E-state index contributed by atoms with van der Waals surface area (Å²) >= 11 is 2.48. The molecular weight excluding hydrogens is 481 g/mol. The van der Waals surface area contributed by atoms with Crippen molar-refractivity contribution in [1.82, 2.24) is 10.6 Å². The fourth-order valence-electron chi connectivity index (χ4n) is 2.65. The Labute approximate surface area is 209 Å². The molecule has 2 amide bonds. The number of nitrogens with zero attached hydrogens (tertiary/aromatic N) is 2. The highest BCUT2D eigenvalue weighted by molar-refractivity contribution is 7.13. The Balaban J connectivity index is 0.000000196. The number of carbonyl (C=O) groups is 2. The zero-order valence-corrected chi connectivity index (χ0v) is 21.9. The monoisotopic (exact) mass is 504 g/mol. The van der Waals surface area contributed by atoms with E-state index in [1.165, 1.54) is 22.7 Å². The van der Waals surface area contributed by atoms with Crippen LogP contribution in [0.1, 0.15) is 65.9 Å². The van der Waals surface area contributed by atoms with Gasteiger partial charge in [-0.25, -0.2) is 0 Å². The van der Waals surface area contributed by atoms with Crippen molar-refractivity contribution in [1.29, 1.82) is 10.5 Å². The zero-order valence-electron chi connectivity index (χ0n) is 19.2. The van der Waals surface area contributed by atoms with E-state index in [1.807, 2.05) is 6.07 Å². The van der Waals surface area contributed by atoms with Gasteiger partial charge in [0.1, 0.15) is 30.0 Å². The first kappa shape index (κ1) is 25.3. The van der Waals surface area contributed by atoms with E-state index in [1.54, 1.807) is 12.1 Å². The third-order valence-electron chi connectivity index (χ3n) is 4.68. The molecule has 2 aromatic heterocycles. The number of terminal acetylenes is 1. The topological polar surface area (TPSA) is 106 Å². The minimum Gasteiger partial charge on any atom is -0.349 e. The van der Waals surface area contributed by atoms with Gasteiger partial charge in [0.2, 0.25) is 0 Å². The van der Waals surface area contributed by atoms with Crippen LogP contribution in [0.15, 0.2) is 12.1 Å². The van der Waals surface area contributed by atoms with Crippen LogP contribution in [0.3, 0.4) is 0 Å². The van der Waals surface area contributed by atoms with Gasteiger partial charge in [-0.1, -0.05) is 31.5 Å². The Morgan fingerprint density at radius 3 is 1.74 bits per heavy atom. The molecule has 0 unspecified atom stereocenters. The van der Waals surface area contributed by atoms with E-state index in [4.69, 9.17) is 16.9 Å². The van der Waals surface area contributed by atoms with Crippen LogP contribution in [0.4, 0.5) is 0 Å². The normalized spacial score (nSPS) is 14.1. The van der Waals surface area contributed by atoms with Gasteiger partial charge in [-0.15, -0.1) is 34.6 Å². The van der Waals surface area contributed by atoms with Crippen LogP contribution in [0.5, 0.6) is 0 Å². The fraction of sp³-hybridized carbons (Fsp3) is 0.360. The highest BCUT2D eigenvalue weighted by Crippen LogP contribution is 2.25. The maximum Gasteiger partial charge on any atom is 0.253 e. The minimum absolute atomic E-state index is 0.142. The first-order chi connectivity index (χ1) is 16.1. The Kier molecular flexibility index (Phi) is 7.97. The molecule has 0 aromatic carbocycles. The highest BCUT2D eigenvalue weighted by atomic mass is 32.1. The van der Waals surface area contributed by atoms with E-state index in [0.29, 0.717) is 37.8 Å². The Morgan fingerprint density at radius 2 is 1.35 bits per heavy atom. The lowest BCUT2D eigenvalue weighted by Crippen LogP contribution is -2.25. The molecule has 2 saturated carbocycles. The lowest BCUT2D eigenvalue weighted by Gasteiger charge is -2.02. The summed E-state index contributed by atoms with van der Waals surface area (Å²) in [7, 11) is -1.44. The first-order valence-corrected chi connectivity index (χ1v) is 16.0. The van der Waals surface area contributed by atoms with Crippen LogP contribution in [0, 0.1) is 46.5 Å². The van der Waals surface area contributed by atoms with Crippen LogP contribution in [-0.2, 0) is 0 Å². The number of rotatable bonds is 4. The molecule has 0 saturated heterocycles. The van der Waals surface area contributed by atoms with Gasteiger partial charge in [0.05, 0.1) is 20.9 Å². The number of hydrogen-bond acceptors (Lipinski definition) is 6. The van der Waals surface area contributed by atoms with Gasteiger partial charge in [-0.2, -0.15) is 10.5 Å². The molecule has 2 aromatic rings. The number of carbonyl (C=O) groups excluding carboxylic acids is 2. The number of nitriles is 2. The first-order valence-electron chi connectivity index (χ1n) is 10.8. The summed E-state index contributed by atoms with van der Waals surface area (Å²) < 4.78 is 0. The van der Waals surface area contributed by atoms with E-state index in [2.05, 4.69) is 53.7 Å². The van der Waals surface area contributed by atoms with E-state index in [0.717, 1.165) is 30.6 Å². The molecular formula is C25H24N4O2S2Si.